The zero-order chi connectivity index (χ0) is 30.2. The lowest BCUT2D eigenvalue weighted by molar-refractivity contribution is -0.256. The largest absolute Gasteiger partial charge is 0.459 e. The van der Waals surface area contributed by atoms with Crippen LogP contribution < -0.4 is 10.6 Å². The molecule has 0 aromatic rings. The van der Waals surface area contributed by atoms with E-state index in [1.807, 2.05) is 32.9 Å². The summed E-state index contributed by atoms with van der Waals surface area (Å²) in [5.41, 5.74) is 0.620. The molecule has 3 aliphatic rings. The molecular formula is C31H48N2O8. The maximum absolute atomic E-state index is 12.4. The van der Waals surface area contributed by atoms with Gasteiger partial charge in [0, 0.05) is 32.4 Å². The predicted octanol–water partition coefficient (Wildman–Crippen LogP) is 3.24. The van der Waals surface area contributed by atoms with Crippen LogP contribution in [0.3, 0.4) is 0 Å². The van der Waals surface area contributed by atoms with E-state index in [2.05, 4.69) is 23.6 Å². The molecular weight excluding hydrogens is 528 g/mol. The summed E-state index contributed by atoms with van der Waals surface area (Å²) in [4.78, 5) is 35.6. The zero-order valence-corrected chi connectivity index (χ0v) is 25.3. The van der Waals surface area contributed by atoms with Crippen LogP contribution in [0.5, 0.6) is 0 Å². The zero-order valence-electron chi connectivity index (χ0n) is 25.3. The fourth-order valence-corrected chi connectivity index (χ4v) is 5.52. The van der Waals surface area contributed by atoms with E-state index in [1.54, 1.807) is 13.0 Å². The van der Waals surface area contributed by atoms with Gasteiger partial charge in [0.05, 0.1) is 43.0 Å². The molecule has 3 heterocycles. The van der Waals surface area contributed by atoms with Crippen molar-refractivity contribution < 1.29 is 38.4 Å². The van der Waals surface area contributed by atoms with Gasteiger partial charge in [0.1, 0.15) is 6.10 Å². The number of allylic oxidation sites excluding steroid dienone is 2. The Morgan fingerprint density at radius 3 is 2.59 bits per heavy atom. The summed E-state index contributed by atoms with van der Waals surface area (Å²) in [6.07, 6.45) is 11.2. The van der Waals surface area contributed by atoms with Crippen LogP contribution in [0.4, 0.5) is 0 Å². The van der Waals surface area contributed by atoms with Gasteiger partial charge in [-0.05, 0) is 52.0 Å². The van der Waals surface area contributed by atoms with E-state index in [0.29, 0.717) is 26.0 Å². The van der Waals surface area contributed by atoms with Crippen LogP contribution in [-0.4, -0.2) is 77.9 Å². The number of carbonyl (C=O) groups excluding carboxylic acids is 3. The average molecular weight is 577 g/mol. The molecule has 0 radical (unpaired) electrons. The highest BCUT2D eigenvalue weighted by molar-refractivity contribution is 5.87. The number of amides is 2. The average Bonchev–Trinajstić information content (AvgIpc) is 3.62. The second-order valence-electron chi connectivity index (χ2n) is 11.9. The molecule has 0 aliphatic carbocycles. The van der Waals surface area contributed by atoms with Gasteiger partial charge in [0.25, 0.3) is 0 Å². The van der Waals surface area contributed by atoms with E-state index < -0.39 is 23.5 Å². The number of hydrogen-bond donors (Lipinski definition) is 3. The Morgan fingerprint density at radius 1 is 1.20 bits per heavy atom. The molecule has 3 rings (SSSR count). The van der Waals surface area contributed by atoms with Gasteiger partial charge >= 0.3 is 5.97 Å². The normalized spacial score (nSPS) is 34.5. The van der Waals surface area contributed by atoms with Crippen LogP contribution in [0.2, 0.25) is 0 Å². The number of epoxide rings is 1. The summed E-state index contributed by atoms with van der Waals surface area (Å²) in [6.45, 7) is 12.2. The minimum Gasteiger partial charge on any atom is -0.459 e. The van der Waals surface area contributed by atoms with Gasteiger partial charge in [-0.1, -0.05) is 37.6 Å². The van der Waals surface area contributed by atoms with E-state index in [0.717, 1.165) is 24.8 Å². The van der Waals surface area contributed by atoms with Crippen molar-refractivity contribution in [1.82, 2.24) is 10.6 Å². The van der Waals surface area contributed by atoms with Crippen molar-refractivity contribution in [3.63, 3.8) is 0 Å². The van der Waals surface area contributed by atoms with Gasteiger partial charge in [-0.15, -0.1) is 0 Å². The third-order valence-electron chi connectivity index (χ3n) is 7.76. The molecule has 0 saturated carbocycles. The van der Waals surface area contributed by atoms with Gasteiger partial charge in [-0.2, -0.15) is 0 Å². The van der Waals surface area contributed by atoms with Crippen LogP contribution >= 0.6 is 0 Å². The standard InChI is InChI=1S/C31H48N2O8/c1-7-14-32-29(36)17-31(37)18-30(19-38-30)16-25(41-31)11-8-20(2)9-12-27-21(3)15-26(23(5)40-27)33-28(35)13-10-22(4)39-24(6)34/h8-11,13,21-23,25-27,37H,7,12,14-19H2,1-6H3,(H,32,36)(H,33,35)/b11-8+,13-10-,20-9+/t21-,22-,23+,25+,26+,27-,30+,31+/m0/s1. The monoisotopic (exact) mass is 576 g/mol. The molecule has 1 spiro atoms. The number of ether oxygens (including phenoxy) is 4. The van der Waals surface area contributed by atoms with Crippen molar-refractivity contribution in [1.29, 1.82) is 0 Å². The predicted molar refractivity (Wildman–Crippen MR) is 154 cm³/mol. The first-order valence-corrected chi connectivity index (χ1v) is 14.8. The quantitative estimate of drug-likeness (QED) is 0.139. The van der Waals surface area contributed by atoms with E-state index >= 15 is 0 Å². The van der Waals surface area contributed by atoms with Crippen molar-refractivity contribution in [2.75, 3.05) is 13.2 Å². The minimum atomic E-state index is -1.55. The van der Waals surface area contributed by atoms with Gasteiger partial charge < -0.3 is 34.7 Å². The fraction of sp³-hybridized carbons (Fsp3) is 0.710. The molecule has 230 valence electrons. The summed E-state index contributed by atoms with van der Waals surface area (Å²) in [6, 6.07) is -0.115. The lowest BCUT2D eigenvalue weighted by atomic mass is 9.87. The number of carbonyl (C=O) groups is 3. The van der Waals surface area contributed by atoms with E-state index in [4.69, 9.17) is 18.9 Å². The highest BCUT2D eigenvalue weighted by Gasteiger charge is 2.57. The van der Waals surface area contributed by atoms with Crippen LogP contribution in [0.25, 0.3) is 0 Å². The van der Waals surface area contributed by atoms with Gasteiger partial charge in [0.15, 0.2) is 5.79 Å². The number of aliphatic hydroxyl groups is 1. The van der Waals surface area contributed by atoms with Crippen molar-refractivity contribution >= 4 is 17.8 Å². The maximum Gasteiger partial charge on any atom is 0.303 e. The summed E-state index contributed by atoms with van der Waals surface area (Å²) in [5.74, 6) is -2.18. The van der Waals surface area contributed by atoms with Crippen molar-refractivity contribution in [3.05, 3.63) is 36.0 Å². The number of rotatable bonds is 12. The molecule has 3 fully saturated rings. The second-order valence-corrected chi connectivity index (χ2v) is 11.9. The van der Waals surface area contributed by atoms with E-state index in [1.165, 1.54) is 13.0 Å². The molecule has 3 N–H and O–H groups in total. The van der Waals surface area contributed by atoms with Crippen molar-refractivity contribution in [2.45, 2.75) is 122 Å². The molecule has 3 aliphatic heterocycles. The topological polar surface area (TPSA) is 136 Å². The Bertz CT molecular complexity index is 1020. The molecule has 2 amide bonds. The van der Waals surface area contributed by atoms with Crippen LogP contribution in [0, 0.1) is 5.92 Å². The fourth-order valence-electron chi connectivity index (χ4n) is 5.52. The molecule has 0 aromatic heterocycles. The van der Waals surface area contributed by atoms with Crippen molar-refractivity contribution in [2.24, 2.45) is 5.92 Å². The summed E-state index contributed by atoms with van der Waals surface area (Å²) in [5, 5.41) is 16.9. The molecule has 0 unspecified atom stereocenters. The molecule has 10 nitrogen and oxygen atoms in total. The van der Waals surface area contributed by atoms with Crippen molar-refractivity contribution in [3.8, 4) is 0 Å². The summed E-state index contributed by atoms with van der Waals surface area (Å²) in [7, 11) is 0. The second kappa shape index (κ2) is 14.6. The number of nitrogens with one attached hydrogen (secondary N) is 2. The number of esters is 1. The van der Waals surface area contributed by atoms with Gasteiger partial charge in [-0.3, -0.25) is 14.4 Å². The smallest absolute Gasteiger partial charge is 0.303 e. The maximum atomic E-state index is 12.4. The van der Waals surface area contributed by atoms with Gasteiger partial charge in [0.2, 0.25) is 11.8 Å². The van der Waals surface area contributed by atoms with Gasteiger partial charge in [-0.25, -0.2) is 0 Å². The highest BCUT2D eigenvalue weighted by atomic mass is 16.7. The van der Waals surface area contributed by atoms with E-state index in [-0.39, 0.29) is 48.5 Å². The highest BCUT2D eigenvalue weighted by Crippen LogP contribution is 2.46. The Hall–Kier alpha value is -2.53. The Labute approximate surface area is 243 Å². The third kappa shape index (κ3) is 10.7. The molecule has 8 atom stereocenters. The Kier molecular flexibility index (Phi) is 11.7. The first-order chi connectivity index (χ1) is 19.3. The lowest BCUT2D eigenvalue weighted by Crippen LogP contribution is -2.50. The molecule has 41 heavy (non-hydrogen) atoms. The first-order valence-electron chi connectivity index (χ1n) is 14.8. The molecule has 0 bridgehead atoms. The van der Waals surface area contributed by atoms with Crippen LogP contribution in [0.15, 0.2) is 36.0 Å². The number of hydrogen-bond acceptors (Lipinski definition) is 8. The Morgan fingerprint density at radius 2 is 1.93 bits per heavy atom. The molecule has 3 saturated heterocycles. The Balaban J connectivity index is 1.49. The SMILES string of the molecule is CCCNC(=O)C[C@]1(O)C[C@@]2(CO2)C[C@@H](/C=C/C(C)=C/C[C@@H]2O[C@H](C)[C@H](NC(=O)/C=C\[C@H](C)OC(C)=O)C[C@@H]2C)O1. The summed E-state index contributed by atoms with van der Waals surface area (Å²) < 4.78 is 22.9. The van der Waals surface area contributed by atoms with Crippen LogP contribution in [0.1, 0.15) is 80.1 Å². The van der Waals surface area contributed by atoms with Crippen LogP contribution in [-0.2, 0) is 33.3 Å². The minimum absolute atomic E-state index is 0.0156. The first kappa shape index (κ1) is 33.0. The lowest BCUT2D eigenvalue weighted by Gasteiger charge is -2.39. The third-order valence-corrected chi connectivity index (χ3v) is 7.76. The molecule has 0 aromatic carbocycles. The van der Waals surface area contributed by atoms with E-state index in [9.17, 15) is 19.5 Å². The summed E-state index contributed by atoms with van der Waals surface area (Å²) >= 11 is 0. The molecule has 10 heteroatoms.